The van der Waals surface area contributed by atoms with E-state index >= 15 is 0 Å². The van der Waals surface area contributed by atoms with Crippen LogP contribution in [0.5, 0.6) is 5.88 Å². The van der Waals surface area contributed by atoms with Gasteiger partial charge < -0.3 is 14.6 Å². The molecule has 7 nitrogen and oxygen atoms in total. The highest BCUT2D eigenvalue weighted by Crippen LogP contribution is 2.33. The quantitative estimate of drug-likeness (QED) is 0.564. The van der Waals surface area contributed by atoms with Crippen molar-refractivity contribution in [2.75, 3.05) is 19.9 Å². The van der Waals surface area contributed by atoms with E-state index in [-0.39, 0.29) is 5.91 Å². The summed E-state index contributed by atoms with van der Waals surface area (Å²) in [4.78, 5) is 16.2. The zero-order valence-corrected chi connectivity index (χ0v) is 16.1. The number of nitrogens with zero attached hydrogens (tertiary/aromatic N) is 4. The van der Waals surface area contributed by atoms with Gasteiger partial charge in [-0.3, -0.25) is 4.79 Å². The van der Waals surface area contributed by atoms with Crippen molar-refractivity contribution < 1.29 is 9.53 Å². The van der Waals surface area contributed by atoms with Crippen molar-refractivity contribution in [2.24, 2.45) is 0 Å². The van der Waals surface area contributed by atoms with Crippen LogP contribution in [0, 0.1) is 0 Å². The van der Waals surface area contributed by atoms with Crippen molar-refractivity contribution in [1.29, 1.82) is 0 Å². The molecule has 0 aromatic carbocycles. The molecule has 0 radical (unpaired) electrons. The minimum atomic E-state index is -0.123. The molecule has 1 aliphatic rings. The number of hydrogen-bond acceptors (Lipinski definition) is 6. The van der Waals surface area contributed by atoms with Crippen LogP contribution in [-0.2, 0) is 6.42 Å². The molecule has 1 aliphatic carbocycles. The second-order valence-corrected chi connectivity index (χ2v) is 7.13. The molecule has 0 unspecified atom stereocenters. The van der Waals surface area contributed by atoms with Crippen LogP contribution in [0.1, 0.15) is 54.3 Å². The Morgan fingerprint density at radius 1 is 1.35 bits per heavy atom. The van der Waals surface area contributed by atoms with E-state index in [1.165, 1.54) is 31.9 Å². The topological polar surface area (TPSA) is 81.9 Å². The van der Waals surface area contributed by atoms with Crippen molar-refractivity contribution in [3.63, 3.8) is 0 Å². The van der Waals surface area contributed by atoms with E-state index in [4.69, 9.17) is 4.74 Å². The number of thioether (sulfide) groups is 1. The van der Waals surface area contributed by atoms with E-state index in [0.29, 0.717) is 24.0 Å². The molecule has 1 amide bonds. The summed E-state index contributed by atoms with van der Waals surface area (Å²) in [7, 11) is 1.55. The number of ether oxygens (including phenoxy) is 1. The van der Waals surface area contributed by atoms with Gasteiger partial charge in [0.05, 0.1) is 12.7 Å². The molecule has 26 heavy (non-hydrogen) atoms. The summed E-state index contributed by atoms with van der Waals surface area (Å²) in [5, 5.41) is 12.6. The molecule has 0 aliphatic heterocycles. The second-order valence-electron chi connectivity index (χ2n) is 6.36. The molecule has 1 saturated carbocycles. The molecule has 0 bridgehead atoms. The number of pyridine rings is 1. The van der Waals surface area contributed by atoms with Gasteiger partial charge in [-0.25, -0.2) is 4.98 Å². The SMILES string of the molecule is COc1ccc(C(=O)NCCCc2nnc(SC)n2C2CCCC2)cn1. The molecule has 1 fully saturated rings. The number of rotatable bonds is 8. The van der Waals surface area contributed by atoms with Gasteiger partial charge in [-0.05, 0) is 31.6 Å². The van der Waals surface area contributed by atoms with Crippen molar-refractivity contribution in [3.05, 3.63) is 29.7 Å². The van der Waals surface area contributed by atoms with Crippen molar-refractivity contribution in [2.45, 2.75) is 49.7 Å². The predicted octanol–water partition coefficient (Wildman–Crippen LogP) is 2.88. The number of carbonyl (C=O) groups excluding carboxylic acids is 1. The molecule has 0 saturated heterocycles. The van der Waals surface area contributed by atoms with Gasteiger partial charge in [0.25, 0.3) is 5.91 Å². The largest absolute Gasteiger partial charge is 0.481 e. The lowest BCUT2D eigenvalue weighted by molar-refractivity contribution is 0.0952. The van der Waals surface area contributed by atoms with Crippen LogP contribution in [0.25, 0.3) is 0 Å². The molecule has 1 N–H and O–H groups in total. The highest BCUT2D eigenvalue weighted by Gasteiger charge is 2.23. The number of hydrogen-bond donors (Lipinski definition) is 1. The Balaban J connectivity index is 1.51. The molecular formula is C18H25N5O2S. The average Bonchev–Trinajstić information content (AvgIpc) is 3.34. The Bertz CT molecular complexity index is 726. The van der Waals surface area contributed by atoms with E-state index in [1.807, 2.05) is 6.26 Å². The van der Waals surface area contributed by atoms with Crippen LogP contribution >= 0.6 is 11.8 Å². The number of amides is 1. The van der Waals surface area contributed by atoms with Crippen molar-refractivity contribution in [1.82, 2.24) is 25.1 Å². The summed E-state index contributed by atoms with van der Waals surface area (Å²) in [6.07, 6.45) is 10.2. The van der Waals surface area contributed by atoms with E-state index in [1.54, 1.807) is 31.0 Å². The molecule has 2 aromatic rings. The van der Waals surface area contributed by atoms with Gasteiger partial charge in [-0.2, -0.15) is 0 Å². The van der Waals surface area contributed by atoms with Crippen LogP contribution in [0.3, 0.4) is 0 Å². The monoisotopic (exact) mass is 375 g/mol. The zero-order valence-electron chi connectivity index (χ0n) is 15.3. The standard InChI is InChI=1S/C18H25N5O2S/c1-25-16-10-9-13(12-20-16)17(24)19-11-5-8-15-21-22-18(26-2)23(15)14-6-3-4-7-14/h9-10,12,14H,3-8,11H2,1-2H3,(H,19,24). The smallest absolute Gasteiger partial charge is 0.252 e. The molecule has 3 rings (SSSR count). The van der Waals surface area contributed by atoms with Crippen LogP contribution in [0.4, 0.5) is 0 Å². The number of methoxy groups -OCH3 is 1. The fourth-order valence-electron chi connectivity index (χ4n) is 3.33. The third kappa shape index (κ3) is 4.35. The van der Waals surface area contributed by atoms with Crippen LogP contribution < -0.4 is 10.1 Å². The maximum absolute atomic E-state index is 12.2. The van der Waals surface area contributed by atoms with Gasteiger partial charge in [-0.1, -0.05) is 24.6 Å². The van der Waals surface area contributed by atoms with Crippen LogP contribution in [-0.4, -0.2) is 45.6 Å². The van der Waals surface area contributed by atoms with E-state index < -0.39 is 0 Å². The van der Waals surface area contributed by atoms with Gasteiger partial charge in [0, 0.05) is 31.3 Å². The third-order valence-electron chi connectivity index (χ3n) is 4.68. The summed E-state index contributed by atoms with van der Waals surface area (Å²) in [5.74, 6) is 1.40. The first-order valence-corrected chi connectivity index (χ1v) is 10.2. The lowest BCUT2D eigenvalue weighted by Gasteiger charge is -2.16. The maximum atomic E-state index is 12.2. The number of aromatic nitrogens is 4. The number of nitrogens with one attached hydrogen (secondary N) is 1. The fourth-order valence-corrected chi connectivity index (χ4v) is 3.91. The molecule has 140 valence electrons. The Morgan fingerprint density at radius 3 is 2.81 bits per heavy atom. The normalized spacial score (nSPS) is 14.5. The van der Waals surface area contributed by atoms with E-state index in [0.717, 1.165) is 23.8 Å². The molecule has 2 heterocycles. The molecule has 0 spiro atoms. The molecular weight excluding hydrogens is 350 g/mol. The van der Waals surface area contributed by atoms with Gasteiger partial charge in [-0.15, -0.1) is 10.2 Å². The summed E-state index contributed by atoms with van der Waals surface area (Å²) in [6.45, 7) is 0.594. The first-order chi connectivity index (χ1) is 12.7. The summed E-state index contributed by atoms with van der Waals surface area (Å²) >= 11 is 1.65. The zero-order chi connectivity index (χ0) is 18.4. The first kappa shape index (κ1) is 18.7. The minimum Gasteiger partial charge on any atom is -0.481 e. The Morgan fingerprint density at radius 2 is 2.15 bits per heavy atom. The first-order valence-electron chi connectivity index (χ1n) is 8.99. The van der Waals surface area contributed by atoms with Crippen LogP contribution in [0.2, 0.25) is 0 Å². The number of carbonyl (C=O) groups is 1. The lowest BCUT2D eigenvalue weighted by atomic mass is 10.2. The van der Waals surface area contributed by atoms with Gasteiger partial charge in [0.15, 0.2) is 5.16 Å². The van der Waals surface area contributed by atoms with Gasteiger partial charge >= 0.3 is 0 Å². The molecule has 0 atom stereocenters. The Labute approximate surface area is 157 Å². The highest BCUT2D eigenvalue weighted by molar-refractivity contribution is 7.98. The summed E-state index contributed by atoms with van der Waals surface area (Å²) < 4.78 is 7.31. The average molecular weight is 375 g/mol. The highest BCUT2D eigenvalue weighted by atomic mass is 32.2. The minimum absolute atomic E-state index is 0.123. The van der Waals surface area contributed by atoms with Gasteiger partial charge in [0.1, 0.15) is 5.82 Å². The van der Waals surface area contributed by atoms with Crippen molar-refractivity contribution >= 4 is 17.7 Å². The fraction of sp³-hybridized carbons (Fsp3) is 0.556. The third-order valence-corrected chi connectivity index (χ3v) is 5.32. The summed E-state index contributed by atoms with van der Waals surface area (Å²) in [5.41, 5.74) is 0.532. The van der Waals surface area contributed by atoms with Crippen molar-refractivity contribution in [3.8, 4) is 5.88 Å². The number of aryl methyl sites for hydroxylation is 1. The Hall–Kier alpha value is -2.09. The van der Waals surface area contributed by atoms with E-state index in [9.17, 15) is 4.79 Å². The molecule has 8 heteroatoms. The predicted molar refractivity (Wildman–Crippen MR) is 101 cm³/mol. The van der Waals surface area contributed by atoms with Crippen LogP contribution in [0.15, 0.2) is 23.5 Å². The van der Waals surface area contributed by atoms with Gasteiger partial charge in [0.2, 0.25) is 5.88 Å². The maximum Gasteiger partial charge on any atom is 0.252 e. The second kappa shape index (κ2) is 9.02. The lowest BCUT2D eigenvalue weighted by Crippen LogP contribution is -2.25. The van der Waals surface area contributed by atoms with E-state index in [2.05, 4.69) is 25.1 Å². The molecule has 2 aromatic heterocycles. The summed E-state index contributed by atoms with van der Waals surface area (Å²) in [6, 6.07) is 3.92. The Kier molecular flexibility index (Phi) is 6.49.